The molecule has 0 unspecified atom stereocenters. The molecule has 0 radical (unpaired) electrons. The Balaban J connectivity index is 0.000000245. The summed E-state index contributed by atoms with van der Waals surface area (Å²) in [5.74, 6) is -1.31. The number of alkyl halides is 3. The lowest BCUT2D eigenvalue weighted by Gasteiger charge is -2.25. The summed E-state index contributed by atoms with van der Waals surface area (Å²) in [6.07, 6.45) is -4.62. The molecule has 5 rings (SSSR count). The lowest BCUT2D eigenvalue weighted by Crippen LogP contribution is -2.52. The molecular formula is C36H40F3N3O10S3. The lowest BCUT2D eigenvalue weighted by atomic mass is 10.0. The molecule has 19 heteroatoms. The number of ketones is 1. The van der Waals surface area contributed by atoms with E-state index in [0.717, 1.165) is 34.8 Å². The van der Waals surface area contributed by atoms with Crippen molar-refractivity contribution in [2.75, 3.05) is 32.2 Å². The molecule has 1 amide bonds. The number of hydrogen-bond acceptors (Lipinski definition) is 12. The number of primary sulfonamides is 1. The number of carbonyl (C=O) groups is 2. The lowest BCUT2D eigenvalue weighted by molar-refractivity contribution is -0.242. The van der Waals surface area contributed by atoms with E-state index in [1.165, 1.54) is 24.6 Å². The summed E-state index contributed by atoms with van der Waals surface area (Å²) in [6, 6.07) is 17.6. The van der Waals surface area contributed by atoms with Crippen molar-refractivity contribution >= 4 is 48.6 Å². The monoisotopic (exact) mass is 827 g/mol. The van der Waals surface area contributed by atoms with Crippen LogP contribution in [0.4, 0.5) is 18.9 Å². The Morgan fingerprint density at radius 1 is 1.04 bits per heavy atom. The van der Waals surface area contributed by atoms with Crippen molar-refractivity contribution in [2.24, 2.45) is 5.14 Å². The Morgan fingerprint density at radius 3 is 2.33 bits per heavy atom. The molecule has 4 aromatic rings. The smallest absolute Gasteiger partial charge is 0.426 e. The molecule has 3 aromatic carbocycles. The second kappa shape index (κ2) is 17.5. The molecule has 0 bridgehead atoms. The SMILES string of the molecule is CCOc1ccccc1OCCN[C@H](C)Cc1ccc(OC)c(S(N)(=O)=O)c1.C[C@](O)(C(=O)Nc1cccc2c1C(=O)c1sccc1CS2(=O)=O)C(F)(F)F. The van der Waals surface area contributed by atoms with Gasteiger partial charge in [0.1, 0.15) is 17.3 Å². The number of rotatable bonds is 13. The molecule has 2 atom stereocenters. The van der Waals surface area contributed by atoms with Crippen LogP contribution < -0.4 is 30.0 Å². The van der Waals surface area contributed by atoms with Crippen LogP contribution in [0.2, 0.25) is 0 Å². The standard InChI is InChI=1S/C20H28N2O5S.C16H12F3NO5S2/c1-4-26-17-7-5-6-8-18(17)27-12-11-22-15(2)13-16-9-10-19(25-3)20(14-16)28(21,23)24;1-15(23,16(17,18)19)14(22)20-9-3-2-4-10-11(9)12(21)13-8(5-6-26-13)7-27(10,24)25/h5-10,14-15,22H,4,11-13H2,1-3H3,(H2,21,23,24);2-6,23H,7H2,1H3,(H,20,22)/t2*15-/m10/s1. The van der Waals surface area contributed by atoms with Crippen molar-refractivity contribution < 1.29 is 58.9 Å². The number of para-hydroxylation sites is 2. The van der Waals surface area contributed by atoms with Gasteiger partial charge in [0.05, 0.1) is 40.5 Å². The number of hydrogen-bond donors (Lipinski definition) is 4. The van der Waals surface area contributed by atoms with E-state index in [1.54, 1.807) is 12.1 Å². The highest BCUT2D eigenvalue weighted by molar-refractivity contribution is 7.90. The molecule has 0 fully saturated rings. The van der Waals surface area contributed by atoms with E-state index in [1.807, 2.05) is 49.5 Å². The Hall–Kier alpha value is -4.53. The van der Waals surface area contributed by atoms with Crippen molar-refractivity contribution in [3.05, 3.63) is 93.7 Å². The number of nitrogens with two attached hydrogens (primary N) is 1. The van der Waals surface area contributed by atoms with Crippen LogP contribution in [-0.2, 0) is 36.8 Å². The topological polar surface area (TPSA) is 200 Å². The van der Waals surface area contributed by atoms with Gasteiger partial charge in [0.2, 0.25) is 21.4 Å². The van der Waals surface area contributed by atoms with E-state index < -0.39 is 60.3 Å². The van der Waals surface area contributed by atoms with Crippen molar-refractivity contribution in [3.8, 4) is 17.2 Å². The van der Waals surface area contributed by atoms with Crippen LogP contribution in [0.5, 0.6) is 17.2 Å². The number of anilines is 1. The van der Waals surface area contributed by atoms with Crippen LogP contribution in [0.15, 0.2) is 81.9 Å². The first-order valence-corrected chi connectivity index (χ1v) is 20.6. The summed E-state index contributed by atoms with van der Waals surface area (Å²) in [6.45, 7) is 5.92. The summed E-state index contributed by atoms with van der Waals surface area (Å²) in [7, 11) is -6.39. The summed E-state index contributed by atoms with van der Waals surface area (Å²) in [4.78, 5) is 24.5. The molecule has 0 spiro atoms. The predicted octanol–water partition coefficient (Wildman–Crippen LogP) is 4.86. The van der Waals surface area contributed by atoms with Gasteiger partial charge in [-0.05, 0) is 86.2 Å². The fraction of sp³-hybridized carbons (Fsp3) is 0.333. The average Bonchev–Trinajstić information content (AvgIpc) is 3.54. The number of sulfone groups is 1. The maximum Gasteiger partial charge on any atom is 0.426 e. The quantitative estimate of drug-likeness (QED) is 0.134. The Labute approximate surface area is 320 Å². The summed E-state index contributed by atoms with van der Waals surface area (Å²) < 4.78 is 104. The summed E-state index contributed by atoms with van der Waals surface area (Å²) in [5.41, 5.74) is -3.44. The molecule has 1 aliphatic rings. The zero-order valence-electron chi connectivity index (χ0n) is 30.1. The number of aliphatic hydroxyl groups is 1. The number of benzene rings is 3. The van der Waals surface area contributed by atoms with Crippen LogP contribution >= 0.6 is 11.3 Å². The molecule has 1 aromatic heterocycles. The van der Waals surface area contributed by atoms with Gasteiger partial charge in [-0.15, -0.1) is 11.3 Å². The van der Waals surface area contributed by atoms with Gasteiger partial charge in [-0.25, -0.2) is 22.0 Å². The average molecular weight is 828 g/mol. The molecule has 0 saturated carbocycles. The number of amides is 1. The molecule has 55 heavy (non-hydrogen) atoms. The molecule has 5 N–H and O–H groups in total. The summed E-state index contributed by atoms with van der Waals surface area (Å²) in [5, 5.41) is 21.5. The molecule has 1 aliphatic heterocycles. The van der Waals surface area contributed by atoms with Crippen LogP contribution in [0.25, 0.3) is 0 Å². The van der Waals surface area contributed by atoms with E-state index in [4.69, 9.17) is 19.3 Å². The fourth-order valence-electron chi connectivity index (χ4n) is 5.35. The third-order valence-corrected chi connectivity index (χ3v) is 11.8. The van der Waals surface area contributed by atoms with Crippen LogP contribution in [0.3, 0.4) is 0 Å². The molecule has 0 aliphatic carbocycles. The number of ether oxygens (including phenoxy) is 3. The van der Waals surface area contributed by atoms with Crippen molar-refractivity contribution in [1.82, 2.24) is 5.32 Å². The molecular weight excluding hydrogens is 788 g/mol. The van der Waals surface area contributed by atoms with Crippen molar-refractivity contribution in [1.29, 1.82) is 0 Å². The highest BCUT2D eigenvalue weighted by Crippen LogP contribution is 2.37. The number of halogens is 3. The second-order valence-corrected chi connectivity index (χ2v) is 16.8. The number of nitrogens with one attached hydrogen (secondary N) is 2. The van der Waals surface area contributed by atoms with Gasteiger partial charge in [-0.3, -0.25) is 9.59 Å². The highest BCUT2D eigenvalue weighted by atomic mass is 32.2. The zero-order chi connectivity index (χ0) is 40.8. The van der Waals surface area contributed by atoms with Gasteiger partial charge >= 0.3 is 6.18 Å². The Morgan fingerprint density at radius 2 is 1.71 bits per heavy atom. The summed E-state index contributed by atoms with van der Waals surface area (Å²) >= 11 is 0.992. The van der Waals surface area contributed by atoms with Gasteiger partial charge in [-0.2, -0.15) is 13.2 Å². The maximum absolute atomic E-state index is 12.9. The molecule has 2 heterocycles. The Bertz CT molecular complexity index is 2240. The molecule has 298 valence electrons. The van der Waals surface area contributed by atoms with Crippen LogP contribution in [0, 0.1) is 0 Å². The number of carbonyl (C=O) groups excluding carboxylic acids is 2. The van der Waals surface area contributed by atoms with Crippen molar-refractivity contribution in [3.63, 3.8) is 0 Å². The predicted molar refractivity (Wildman–Crippen MR) is 199 cm³/mol. The van der Waals surface area contributed by atoms with Crippen LogP contribution in [0.1, 0.15) is 47.1 Å². The maximum atomic E-state index is 12.9. The number of sulfonamides is 1. The first kappa shape index (κ1) is 43.2. The van der Waals surface area contributed by atoms with Gasteiger partial charge in [0.25, 0.3) is 5.91 Å². The third-order valence-electron chi connectivity index (χ3n) is 8.21. The van der Waals surface area contributed by atoms with Gasteiger partial charge in [0.15, 0.2) is 21.3 Å². The minimum Gasteiger partial charge on any atom is -0.495 e. The minimum absolute atomic E-state index is 0.00411. The first-order chi connectivity index (χ1) is 25.7. The first-order valence-electron chi connectivity index (χ1n) is 16.6. The van der Waals surface area contributed by atoms with Gasteiger partial charge < -0.3 is 30.0 Å². The van der Waals surface area contributed by atoms with Gasteiger partial charge in [-0.1, -0.05) is 24.3 Å². The number of methoxy groups -OCH3 is 1. The largest absolute Gasteiger partial charge is 0.495 e. The van der Waals surface area contributed by atoms with Crippen molar-refractivity contribution in [2.45, 2.75) is 60.6 Å². The third kappa shape index (κ3) is 10.4. The van der Waals surface area contributed by atoms with E-state index in [9.17, 15) is 44.7 Å². The van der Waals surface area contributed by atoms with Crippen LogP contribution in [-0.4, -0.2) is 78.3 Å². The molecule has 13 nitrogen and oxygen atoms in total. The minimum atomic E-state index is -5.26. The van der Waals surface area contributed by atoms with E-state index >= 15 is 0 Å². The highest BCUT2D eigenvalue weighted by Gasteiger charge is 2.56. The van der Waals surface area contributed by atoms with E-state index in [0.29, 0.717) is 31.9 Å². The Kier molecular flexibility index (Phi) is 13.8. The zero-order valence-corrected chi connectivity index (χ0v) is 32.5. The molecule has 0 saturated heterocycles. The van der Waals surface area contributed by atoms with Gasteiger partial charge in [0, 0.05) is 12.6 Å². The van der Waals surface area contributed by atoms with E-state index in [2.05, 4.69) is 5.32 Å². The van der Waals surface area contributed by atoms with E-state index in [-0.39, 0.29) is 38.9 Å². The number of fused-ring (bicyclic) bond motifs is 2. The number of thiophene rings is 1. The fourth-order valence-corrected chi connectivity index (χ4v) is 8.67. The normalized spacial score (nSPS) is 15.2. The second-order valence-electron chi connectivity index (χ2n) is 12.4.